The van der Waals surface area contributed by atoms with Crippen LogP contribution < -0.4 is 16.3 Å². The molecule has 3 heterocycles. The van der Waals surface area contributed by atoms with E-state index in [1.165, 1.54) is 0 Å². The zero-order valence-corrected chi connectivity index (χ0v) is 9.98. The molecule has 0 atom stereocenters. The summed E-state index contributed by atoms with van der Waals surface area (Å²) in [5, 5.41) is 31.1. The van der Waals surface area contributed by atoms with Crippen LogP contribution in [0, 0.1) is 0 Å². The van der Waals surface area contributed by atoms with Crippen molar-refractivity contribution in [2.45, 2.75) is 0 Å². The van der Waals surface area contributed by atoms with Gasteiger partial charge in [-0.1, -0.05) is 11.8 Å². The van der Waals surface area contributed by atoms with Gasteiger partial charge in [-0.15, -0.1) is 0 Å². The highest BCUT2D eigenvalue weighted by Gasteiger charge is 2.32. The van der Waals surface area contributed by atoms with Crippen molar-refractivity contribution in [2.24, 2.45) is 0 Å². The summed E-state index contributed by atoms with van der Waals surface area (Å²) in [4.78, 5) is 0. The zero-order valence-electron chi connectivity index (χ0n) is 8.27. The van der Waals surface area contributed by atoms with Gasteiger partial charge in [-0.25, -0.2) is 0 Å². The van der Waals surface area contributed by atoms with Crippen LogP contribution in [0.5, 0.6) is 0 Å². The third-order valence-electron chi connectivity index (χ3n) is 2.17. The number of hydrogen-bond donors (Lipinski definition) is 3. The van der Waals surface area contributed by atoms with E-state index in [0.717, 1.165) is 0 Å². The maximum atomic E-state index is 5.71. The number of hydrogen-bond acceptors (Lipinski definition) is 7. The zero-order chi connectivity index (χ0) is 11.7. The molecule has 11 heteroatoms. The second-order valence-electron chi connectivity index (χ2n) is 3.09. The van der Waals surface area contributed by atoms with Crippen LogP contribution in [0.2, 0.25) is 0 Å². The third kappa shape index (κ3) is 1.49. The topological polar surface area (TPSA) is 125 Å². The molecule has 0 saturated carbocycles. The van der Waals surface area contributed by atoms with Crippen LogP contribution in [0.15, 0.2) is 18.6 Å². The summed E-state index contributed by atoms with van der Waals surface area (Å²) in [5.41, 5.74) is 1.86. The minimum atomic E-state index is -2.41. The third-order valence-corrected chi connectivity index (χ3v) is 6.44. The second-order valence-corrected chi connectivity index (χ2v) is 7.33. The van der Waals surface area contributed by atoms with Gasteiger partial charge in [0.1, 0.15) is 22.3 Å². The van der Waals surface area contributed by atoms with Crippen molar-refractivity contribution in [3.05, 3.63) is 18.6 Å². The summed E-state index contributed by atoms with van der Waals surface area (Å²) in [6.07, 6.45) is 4.72. The summed E-state index contributed by atoms with van der Waals surface area (Å²) in [6, 6.07) is -2.41. The molecule has 3 N–H and O–H groups in total. The van der Waals surface area contributed by atoms with Crippen molar-refractivity contribution in [3.63, 3.8) is 0 Å². The van der Waals surface area contributed by atoms with E-state index < -0.39 is 6.04 Å². The predicted octanol–water partition coefficient (Wildman–Crippen LogP) is -2.20. The van der Waals surface area contributed by atoms with Gasteiger partial charge < -0.3 is 0 Å². The summed E-state index contributed by atoms with van der Waals surface area (Å²) in [7, 11) is 0. The van der Waals surface area contributed by atoms with Gasteiger partial charge >= 0.3 is 0 Å². The molecule has 17 heavy (non-hydrogen) atoms. The number of aromatic nitrogens is 9. The fourth-order valence-corrected chi connectivity index (χ4v) is 4.11. The molecule has 9 nitrogen and oxygen atoms in total. The fourth-order valence-electron chi connectivity index (χ4n) is 1.39. The van der Waals surface area contributed by atoms with Crippen LogP contribution >= 0.6 is 6.04 Å². The summed E-state index contributed by atoms with van der Waals surface area (Å²) in [6.45, 7) is 0. The van der Waals surface area contributed by atoms with Crippen molar-refractivity contribution in [2.75, 3.05) is 0 Å². The molecule has 0 aliphatic rings. The van der Waals surface area contributed by atoms with Crippen molar-refractivity contribution >= 4 is 34.1 Å². The molecule has 0 spiro atoms. The van der Waals surface area contributed by atoms with Gasteiger partial charge in [0.05, 0.1) is 18.6 Å². The molecule has 0 radical (unpaired) electrons. The van der Waals surface area contributed by atoms with Gasteiger partial charge in [0.15, 0.2) is 0 Å². The maximum Gasteiger partial charge on any atom is 0.127 e. The first-order chi connectivity index (χ1) is 8.32. The van der Waals surface area contributed by atoms with Crippen molar-refractivity contribution < 1.29 is 0 Å². The SMILES string of the molecule is S=P(c1cn[nH]n1)(c1cn[nH]n1)c1cn[nH]n1. The van der Waals surface area contributed by atoms with Crippen LogP contribution in [0.4, 0.5) is 0 Å². The van der Waals surface area contributed by atoms with Gasteiger partial charge in [-0.2, -0.15) is 46.2 Å². The number of H-pyrrole nitrogens is 3. The first-order valence-electron chi connectivity index (χ1n) is 4.51. The maximum absolute atomic E-state index is 5.71. The highest BCUT2D eigenvalue weighted by atomic mass is 32.4. The average molecular weight is 267 g/mol. The van der Waals surface area contributed by atoms with Crippen LogP contribution in [0.3, 0.4) is 0 Å². The van der Waals surface area contributed by atoms with Gasteiger partial charge in [0.25, 0.3) is 0 Å². The number of aromatic amines is 3. The number of rotatable bonds is 3. The van der Waals surface area contributed by atoms with E-state index in [0.29, 0.717) is 16.3 Å². The fraction of sp³-hybridized carbons (Fsp3) is 0. The van der Waals surface area contributed by atoms with Crippen LogP contribution in [-0.2, 0) is 11.8 Å². The Morgan fingerprint density at radius 2 is 1.12 bits per heavy atom. The Morgan fingerprint density at radius 3 is 1.35 bits per heavy atom. The molecule has 0 aliphatic heterocycles. The molecule has 0 bridgehead atoms. The van der Waals surface area contributed by atoms with Crippen LogP contribution in [-0.4, -0.2) is 46.2 Å². The van der Waals surface area contributed by atoms with Crippen molar-refractivity contribution in [1.82, 2.24) is 46.2 Å². The Balaban J connectivity index is 2.26. The van der Waals surface area contributed by atoms with E-state index >= 15 is 0 Å². The lowest BCUT2D eigenvalue weighted by molar-refractivity contribution is 0.943. The van der Waals surface area contributed by atoms with Gasteiger partial charge in [0.2, 0.25) is 0 Å². The summed E-state index contributed by atoms with van der Waals surface area (Å²) in [5.74, 6) is 0. The Morgan fingerprint density at radius 1 is 0.765 bits per heavy atom. The largest absolute Gasteiger partial charge is 0.197 e. The molecule has 0 fully saturated rings. The molecule has 86 valence electrons. The minimum Gasteiger partial charge on any atom is -0.197 e. The van der Waals surface area contributed by atoms with E-state index in [4.69, 9.17) is 11.8 Å². The molecule has 3 aromatic heterocycles. The highest BCUT2D eigenvalue weighted by molar-refractivity contribution is 8.25. The van der Waals surface area contributed by atoms with E-state index in [2.05, 4.69) is 46.2 Å². The quantitative estimate of drug-likeness (QED) is 0.460. The van der Waals surface area contributed by atoms with E-state index in [1.54, 1.807) is 18.6 Å². The lowest BCUT2D eigenvalue weighted by atomic mass is 10.9. The van der Waals surface area contributed by atoms with Gasteiger partial charge in [-0.05, 0) is 0 Å². The van der Waals surface area contributed by atoms with Gasteiger partial charge in [0, 0.05) is 0 Å². The molecule has 0 aliphatic carbocycles. The van der Waals surface area contributed by atoms with Crippen LogP contribution in [0.1, 0.15) is 0 Å². The van der Waals surface area contributed by atoms with Crippen LogP contribution in [0.25, 0.3) is 0 Å². The molecular weight excluding hydrogens is 261 g/mol. The monoisotopic (exact) mass is 267 g/mol. The average Bonchev–Trinajstić information content (AvgIpc) is 3.10. The van der Waals surface area contributed by atoms with Crippen molar-refractivity contribution in [1.29, 1.82) is 0 Å². The molecule has 0 amide bonds. The Labute approximate surface area is 99.4 Å². The molecular formula is C6H6N9PS. The number of nitrogens with zero attached hydrogens (tertiary/aromatic N) is 6. The minimum absolute atomic E-state index is 0.621. The van der Waals surface area contributed by atoms with Gasteiger partial charge in [-0.3, -0.25) is 0 Å². The first kappa shape index (κ1) is 10.2. The predicted molar refractivity (Wildman–Crippen MR) is 62.3 cm³/mol. The Bertz CT molecular complexity index is 536. The normalized spacial score (nSPS) is 11.8. The second kappa shape index (κ2) is 3.82. The summed E-state index contributed by atoms with van der Waals surface area (Å²) >= 11 is 5.71. The molecule has 0 saturated heterocycles. The Kier molecular flexibility index (Phi) is 2.30. The molecule has 0 unspecified atom stereocenters. The number of nitrogens with one attached hydrogen (secondary N) is 3. The Hall–Kier alpha value is -1.93. The molecule has 0 aromatic carbocycles. The highest BCUT2D eigenvalue weighted by Crippen LogP contribution is 2.39. The molecule has 3 rings (SSSR count). The van der Waals surface area contributed by atoms with E-state index in [-0.39, 0.29) is 0 Å². The lowest BCUT2D eigenvalue weighted by Gasteiger charge is -2.12. The standard InChI is InChI=1S/C6H6N9PS/c17-16(4-1-7-13-10-4,5-2-8-14-11-5)6-3-9-15-12-6/h1-3H,(H,7,10,13)(H,8,11,14)(H,9,12,15). The molecule has 3 aromatic rings. The van der Waals surface area contributed by atoms with Crippen molar-refractivity contribution in [3.8, 4) is 0 Å². The smallest absolute Gasteiger partial charge is 0.127 e. The van der Waals surface area contributed by atoms with E-state index in [1.807, 2.05) is 0 Å². The summed E-state index contributed by atoms with van der Waals surface area (Å²) < 4.78 is 0. The first-order valence-corrected chi connectivity index (χ1v) is 7.31. The lowest BCUT2D eigenvalue weighted by Crippen LogP contribution is -2.27. The van der Waals surface area contributed by atoms with E-state index in [9.17, 15) is 0 Å².